The molecule has 3 nitrogen and oxygen atoms in total. The van der Waals surface area contributed by atoms with Gasteiger partial charge in [-0.1, -0.05) is 24.3 Å². The largest absolute Gasteiger partial charge is 0.497 e. The number of benzene rings is 2. The maximum atomic E-state index is 11.9. The molecule has 0 aliphatic carbocycles. The average Bonchev–Trinajstić information content (AvgIpc) is 2.44. The highest BCUT2D eigenvalue weighted by Crippen LogP contribution is 2.25. The van der Waals surface area contributed by atoms with Crippen LogP contribution in [0.15, 0.2) is 36.4 Å². The Labute approximate surface area is 119 Å². The number of rotatable bonds is 4. The Balaban J connectivity index is 2.29. The molecule has 0 amide bonds. The van der Waals surface area contributed by atoms with Gasteiger partial charge in [0.25, 0.3) is 0 Å². The molecule has 2 aromatic rings. The van der Waals surface area contributed by atoms with E-state index in [-0.39, 0.29) is 18.0 Å². The van der Waals surface area contributed by atoms with Crippen LogP contribution in [0.3, 0.4) is 0 Å². The summed E-state index contributed by atoms with van der Waals surface area (Å²) in [5, 5.41) is 2.19. The highest BCUT2D eigenvalue weighted by Gasteiger charge is 2.18. The first-order valence-electron chi connectivity index (χ1n) is 6.79. The molecule has 0 aliphatic rings. The van der Waals surface area contributed by atoms with Crippen molar-refractivity contribution in [3.8, 4) is 5.75 Å². The SMILES string of the molecule is COc1ccc2cc([C@@H](C)C(=O)OC(C)C)ccc2c1. The molecule has 0 aromatic heterocycles. The van der Waals surface area contributed by atoms with Crippen LogP contribution >= 0.6 is 0 Å². The first-order valence-corrected chi connectivity index (χ1v) is 6.79. The van der Waals surface area contributed by atoms with Gasteiger partial charge >= 0.3 is 5.97 Å². The monoisotopic (exact) mass is 272 g/mol. The van der Waals surface area contributed by atoms with Gasteiger partial charge in [0.05, 0.1) is 19.1 Å². The number of fused-ring (bicyclic) bond motifs is 1. The third kappa shape index (κ3) is 3.10. The van der Waals surface area contributed by atoms with Gasteiger partial charge in [-0.15, -0.1) is 0 Å². The second-order valence-corrected chi connectivity index (χ2v) is 5.18. The molecule has 2 aromatic carbocycles. The van der Waals surface area contributed by atoms with Gasteiger partial charge in [0.1, 0.15) is 5.75 Å². The Bertz CT molecular complexity index is 617. The molecule has 3 heteroatoms. The molecule has 0 spiro atoms. The van der Waals surface area contributed by atoms with Crippen LogP contribution in [0.25, 0.3) is 10.8 Å². The molecule has 0 N–H and O–H groups in total. The van der Waals surface area contributed by atoms with E-state index in [9.17, 15) is 4.79 Å². The van der Waals surface area contributed by atoms with Crippen molar-refractivity contribution in [1.29, 1.82) is 0 Å². The van der Waals surface area contributed by atoms with Crippen molar-refractivity contribution in [2.75, 3.05) is 7.11 Å². The topological polar surface area (TPSA) is 35.5 Å². The first kappa shape index (κ1) is 14.4. The first-order chi connectivity index (χ1) is 9.51. The molecule has 0 radical (unpaired) electrons. The predicted octanol–water partition coefficient (Wildman–Crippen LogP) is 3.90. The molecule has 2 rings (SSSR count). The Morgan fingerprint density at radius 2 is 1.65 bits per heavy atom. The molecule has 0 unspecified atom stereocenters. The summed E-state index contributed by atoms with van der Waals surface area (Å²) in [7, 11) is 1.65. The Kier molecular flexibility index (Phi) is 4.28. The van der Waals surface area contributed by atoms with Gasteiger partial charge in [0, 0.05) is 0 Å². The van der Waals surface area contributed by atoms with Gasteiger partial charge < -0.3 is 9.47 Å². The van der Waals surface area contributed by atoms with Crippen LogP contribution in [-0.2, 0) is 9.53 Å². The zero-order chi connectivity index (χ0) is 14.7. The van der Waals surface area contributed by atoms with E-state index in [0.717, 1.165) is 22.1 Å². The molecule has 0 saturated carbocycles. The molecule has 0 saturated heterocycles. The highest BCUT2D eigenvalue weighted by atomic mass is 16.5. The van der Waals surface area contributed by atoms with Crippen LogP contribution in [0.1, 0.15) is 32.3 Å². The molecule has 0 bridgehead atoms. The molecule has 20 heavy (non-hydrogen) atoms. The zero-order valence-electron chi connectivity index (χ0n) is 12.3. The molecule has 0 heterocycles. The number of methoxy groups -OCH3 is 1. The van der Waals surface area contributed by atoms with Crippen molar-refractivity contribution in [3.63, 3.8) is 0 Å². The van der Waals surface area contributed by atoms with Crippen molar-refractivity contribution in [2.45, 2.75) is 32.8 Å². The lowest BCUT2D eigenvalue weighted by molar-refractivity contribution is -0.148. The fourth-order valence-corrected chi connectivity index (χ4v) is 2.11. The van der Waals surface area contributed by atoms with Gasteiger partial charge in [-0.3, -0.25) is 4.79 Å². The third-order valence-corrected chi connectivity index (χ3v) is 3.28. The van der Waals surface area contributed by atoms with E-state index in [0.29, 0.717) is 0 Å². The van der Waals surface area contributed by atoms with Crippen LogP contribution < -0.4 is 4.74 Å². The average molecular weight is 272 g/mol. The quantitative estimate of drug-likeness (QED) is 0.792. The molecule has 106 valence electrons. The minimum Gasteiger partial charge on any atom is -0.497 e. The van der Waals surface area contributed by atoms with Crippen LogP contribution in [0.5, 0.6) is 5.75 Å². The van der Waals surface area contributed by atoms with Crippen molar-refractivity contribution >= 4 is 16.7 Å². The molecular weight excluding hydrogens is 252 g/mol. The minimum atomic E-state index is -0.260. The Hall–Kier alpha value is -2.03. The highest BCUT2D eigenvalue weighted by molar-refractivity contribution is 5.86. The Morgan fingerprint density at radius 3 is 2.30 bits per heavy atom. The maximum absolute atomic E-state index is 11.9. The van der Waals surface area contributed by atoms with Crippen LogP contribution in [0, 0.1) is 0 Å². The normalized spacial score (nSPS) is 12.4. The van der Waals surface area contributed by atoms with E-state index in [1.54, 1.807) is 7.11 Å². The van der Waals surface area contributed by atoms with E-state index in [1.165, 1.54) is 0 Å². The van der Waals surface area contributed by atoms with E-state index in [2.05, 4.69) is 0 Å². The minimum absolute atomic E-state index is 0.0883. The zero-order valence-corrected chi connectivity index (χ0v) is 12.3. The summed E-state index contributed by atoms with van der Waals surface area (Å²) in [4.78, 5) is 11.9. The summed E-state index contributed by atoms with van der Waals surface area (Å²) >= 11 is 0. The summed E-state index contributed by atoms with van der Waals surface area (Å²) in [6, 6.07) is 11.9. The third-order valence-electron chi connectivity index (χ3n) is 3.28. The van der Waals surface area contributed by atoms with Gasteiger partial charge in [-0.2, -0.15) is 0 Å². The lowest BCUT2D eigenvalue weighted by atomic mass is 9.98. The fraction of sp³-hybridized carbons (Fsp3) is 0.353. The number of carbonyl (C=O) groups excluding carboxylic acids is 1. The van der Waals surface area contributed by atoms with E-state index in [1.807, 2.05) is 57.2 Å². The second-order valence-electron chi connectivity index (χ2n) is 5.18. The van der Waals surface area contributed by atoms with Crippen LogP contribution in [0.2, 0.25) is 0 Å². The van der Waals surface area contributed by atoms with Crippen LogP contribution in [0.4, 0.5) is 0 Å². The van der Waals surface area contributed by atoms with Gasteiger partial charge in [-0.05, 0) is 49.2 Å². The van der Waals surface area contributed by atoms with Crippen LogP contribution in [-0.4, -0.2) is 19.2 Å². The summed E-state index contributed by atoms with van der Waals surface area (Å²) in [5.74, 6) is 0.384. The van der Waals surface area contributed by atoms with E-state index >= 15 is 0 Å². The number of carbonyl (C=O) groups is 1. The number of hydrogen-bond acceptors (Lipinski definition) is 3. The van der Waals surface area contributed by atoms with Crippen molar-refractivity contribution in [2.24, 2.45) is 0 Å². The van der Waals surface area contributed by atoms with E-state index in [4.69, 9.17) is 9.47 Å². The Morgan fingerprint density at radius 1 is 1.00 bits per heavy atom. The van der Waals surface area contributed by atoms with Crippen molar-refractivity contribution in [1.82, 2.24) is 0 Å². The summed E-state index contributed by atoms with van der Waals surface area (Å²) < 4.78 is 10.5. The lowest BCUT2D eigenvalue weighted by Gasteiger charge is -2.14. The molecule has 0 fully saturated rings. The summed E-state index contributed by atoms with van der Waals surface area (Å²) in [6.45, 7) is 5.59. The number of esters is 1. The second kappa shape index (κ2) is 5.95. The smallest absolute Gasteiger partial charge is 0.313 e. The van der Waals surface area contributed by atoms with Gasteiger partial charge in [0.15, 0.2) is 0 Å². The fourth-order valence-electron chi connectivity index (χ4n) is 2.11. The van der Waals surface area contributed by atoms with Crippen molar-refractivity contribution in [3.05, 3.63) is 42.0 Å². The van der Waals surface area contributed by atoms with Gasteiger partial charge in [0.2, 0.25) is 0 Å². The summed E-state index contributed by atoms with van der Waals surface area (Å²) in [6.07, 6.45) is -0.0883. The lowest BCUT2D eigenvalue weighted by Crippen LogP contribution is -2.17. The maximum Gasteiger partial charge on any atom is 0.313 e. The standard InChI is InChI=1S/C17H20O3/c1-11(2)20-17(18)12(3)13-5-6-15-10-16(19-4)8-7-14(15)9-13/h5-12H,1-4H3/t12-/m1/s1. The van der Waals surface area contributed by atoms with E-state index < -0.39 is 0 Å². The summed E-state index contributed by atoms with van der Waals surface area (Å²) in [5.41, 5.74) is 0.966. The molecular formula is C17H20O3. The van der Waals surface area contributed by atoms with Gasteiger partial charge in [-0.25, -0.2) is 0 Å². The van der Waals surface area contributed by atoms with Crippen molar-refractivity contribution < 1.29 is 14.3 Å². The number of ether oxygens (including phenoxy) is 2. The molecule has 1 atom stereocenters. The number of hydrogen-bond donors (Lipinski definition) is 0. The molecule has 0 aliphatic heterocycles. The predicted molar refractivity (Wildman–Crippen MR) is 80.1 cm³/mol.